The molecule has 0 radical (unpaired) electrons. The molecule has 0 saturated heterocycles. The molecule has 0 aromatic heterocycles. The summed E-state index contributed by atoms with van der Waals surface area (Å²) >= 11 is 3.62. The van der Waals surface area contributed by atoms with Gasteiger partial charge in [0, 0.05) is 28.7 Å². The van der Waals surface area contributed by atoms with E-state index in [4.69, 9.17) is 0 Å². The van der Waals surface area contributed by atoms with E-state index in [0.717, 1.165) is 17.6 Å². The topological polar surface area (TPSA) is 24.1 Å². The zero-order valence-electron chi connectivity index (χ0n) is 10.6. The standard InChI is InChI=1S/C14H21BrN2/c1-11-4-5-13(12(15)8-11)17-10-14(9-16-2)6-3-7-14/h4-5,8,16-17H,3,6-7,9-10H2,1-2H3. The van der Waals surface area contributed by atoms with Gasteiger partial charge < -0.3 is 10.6 Å². The van der Waals surface area contributed by atoms with E-state index >= 15 is 0 Å². The van der Waals surface area contributed by atoms with Crippen molar-refractivity contribution in [2.75, 3.05) is 25.5 Å². The molecule has 94 valence electrons. The normalized spacial score (nSPS) is 17.6. The lowest BCUT2D eigenvalue weighted by molar-refractivity contribution is 0.151. The number of hydrogen-bond donors (Lipinski definition) is 2. The first kappa shape index (κ1) is 12.9. The van der Waals surface area contributed by atoms with Crippen LogP contribution in [-0.2, 0) is 0 Å². The molecule has 2 rings (SSSR count). The minimum absolute atomic E-state index is 0.471. The van der Waals surface area contributed by atoms with Gasteiger partial charge in [-0.05, 0) is 60.4 Å². The zero-order chi connectivity index (χ0) is 12.3. The van der Waals surface area contributed by atoms with Gasteiger partial charge in [0.15, 0.2) is 0 Å². The van der Waals surface area contributed by atoms with E-state index in [2.05, 4.69) is 51.7 Å². The fourth-order valence-electron chi connectivity index (χ4n) is 2.51. The van der Waals surface area contributed by atoms with E-state index < -0.39 is 0 Å². The molecule has 1 aliphatic rings. The second-order valence-corrected chi connectivity index (χ2v) is 6.08. The lowest BCUT2D eigenvalue weighted by Gasteiger charge is -2.42. The summed E-state index contributed by atoms with van der Waals surface area (Å²) in [5.74, 6) is 0. The van der Waals surface area contributed by atoms with Crippen molar-refractivity contribution in [3.63, 3.8) is 0 Å². The van der Waals surface area contributed by atoms with Crippen LogP contribution in [-0.4, -0.2) is 20.1 Å². The fourth-order valence-corrected chi connectivity index (χ4v) is 3.15. The minimum Gasteiger partial charge on any atom is -0.384 e. The molecule has 17 heavy (non-hydrogen) atoms. The Morgan fingerprint density at radius 1 is 1.29 bits per heavy atom. The molecule has 0 spiro atoms. The van der Waals surface area contributed by atoms with E-state index in [9.17, 15) is 0 Å². The average Bonchev–Trinajstić information content (AvgIpc) is 2.24. The Bertz CT molecular complexity index is 386. The molecular weight excluding hydrogens is 276 g/mol. The van der Waals surface area contributed by atoms with Gasteiger partial charge in [0.2, 0.25) is 0 Å². The molecule has 0 heterocycles. The van der Waals surface area contributed by atoms with Crippen LogP contribution in [0.15, 0.2) is 22.7 Å². The predicted molar refractivity (Wildman–Crippen MR) is 77.6 cm³/mol. The number of anilines is 1. The maximum Gasteiger partial charge on any atom is 0.0485 e. The maximum absolute atomic E-state index is 3.62. The van der Waals surface area contributed by atoms with Crippen LogP contribution in [0.25, 0.3) is 0 Å². The van der Waals surface area contributed by atoms with Crippen LogP contribution in [0.3, 0.4) is 0 Å². The van der Waals surface area contributed by atoms with Gasteiger partial charge in [-0.2, -0.15) is 0 Å². The quantitative estimate of drug-likeness (QED) is 0.868. The third-order valence-corrected chi connectivity index (χ3v) is 4.40. The van der Waals surface area contributed by atoms with Crippen molar-refractivity contribution in [2.24, 2.45) is 5.41 Å². The molecule has 0 amide bonds. The smallest absolute Gasteiger partial charge is 0.0485 e. The summed E-state index contributed by atoms with van der Waals surface area (Å²) in [6, 6.07) is 6.47. The second-order valence-electron chi connectivity index (χ2n) is 5.22. The van der Waals surface area contributed by atoms with Gasteiger partial charge in [-0.25, -0.2) is 0 Å². The molecular formula is C14H21BrN2. The van der Waals surface area contributed by atoms with Crippen LogP contribution in [0.5, 0.6) is 0 Å². The highest BCUT2D eigenvalue weighted by molar-refractivity contribution is 9.10. The first-order valence-corrected chi connectivity index (χ1v) is 7.09. The lowest BCUT2D eigenvalue weighted by atomic mass is 9.68. The molecule has 1 fully saturated rings. The molecule has 0 unspecified atom stereocenters. The second kappa shape index (κ2) is 5.40. The molecule has 2 nitrogen and oxygen atoms in total. The monoisotopic (exact) mass is 296 g/mol. The van der Waals surface area contributed by atoms with E-state index in [1.165, 1.54) is 30.5 Å². The first-order valence-electron chi connectivity index (χ1n) is 6.30. The van der Waals surface area contributed by atoms with E-state index in [1.54, 1.807) is 0 Å². The Hall–Kier alpha value is -0.540. The number of benzene rings is 1. The molecule has 1 saturated carbocycles. The van der Waals surface area contributed by atoms with Crippen LogP contribution in [0.2, 0.25) is 0 Å². The highest BCUT2D eigenvalue weighted by Gasteiger charge is 2.35. The minimum atomic E-state index is 0.471. The molecule has 1 aromatic carbocycles. The van der Waals surface area contributed by atoms with Gasteiger partial charge >= 0.3 is 0 Å². The molecule has 1 aliphatic carbocycles. The summed E-state index contributed by atoms with van der Waals surface area (Å²) in [5, 5.41) is 6.90. The zero-order valence-corrected chi connectivity index (χ0v) is 12.2. The summed E-state index contributed by atoms with van der Waals surface area (Å²) in [7, 11) is 2.04. The average molecular weight is 297 g/mol. The van der Waals surface area contributed by atoms with Gasteiger partial charge in [-0.15, -0.1) is 0 Å². The van der Waals surface area contributed by atoms with Crippen molar-refractivity contribution >= 4 is 21.6 Å². The van der Waals surface area contributed by atoms with E-state index in [1.807, 2.05) is 7.05 Å². The van der Waals surface area contributed by atoms with Crippen LogP contribution in [0.1, 0.15) is 24.8 Å². The SMILES string of the molecule is CNCC1(CNc2ccc(C)cc2Br)CCC1. The third kappa shape index (κ3) is 3.02. The van der Waals surface area contributed by atoms with Crippen molar-refractivity contribution in [1.29, 1.82) is 0 Å². The van der Waals surface area contributed by atoms with Crippen LogP contribution in [0, 0.1) is 12.3 Å². The van der Waals surface area contributed by atoms with Crippen LogP contribution >= 0.6 is 15.9 Å². The van der Waals surface area contributed by atoms with E-state index in [-0.39, 0.29) is 0 Å². The maximum atomic E-state index is 3.62. The molecule has 0 aliphatic heterocycles. The van der Waals surface area contributed by atoms with Crippen LogP contribution < -0.4 is 10.6 Å². The summed E-state index contributed by atoms with van der Waals surface area (Å²) in [4.78, 5) is 0. The van der Waals surface area contributed by atoms with Crippen LogP contribution in [0.4, 0.5) is 5.69 Å². The number of halogens is 1. The highest BCUT2D eigenvalue weighted by Crippen LogP contribution is 2.40. The third-order valence-electron chi connectivity index (χ3n) is 3.74. The summed E-state index contributed by atoms with van der Waals surface area (Å²) in [5.41, 5.74) is 2.97. The molecule has 1 aromatic rings. The Morgan fingerprint density at radius 3 is 2.59 bits per heavy atom. The van der Waals surface area contributed by atoms with Gasteiger partial charge in [0.25, 0.3) is 0 Å². The van der Waals surface area contributed by atoms with Crippen molar-refractivity contribution in [3.05, 3.63) is 28.2 Å². The number of nitrogens with one attached hydrogen (secondary N) is 2. The number of aryl methyl sites for hydroxylation is 1. The Balaban J connectivity index is 1.97. The predicted octanol–water partition coefficient (Wildman–Crippen LogP) is 3.56. The van der Waals surface area contributed by atoms with Crippen molar-refractivity contribution in [2.45, 2.75) is 26.2 Å². The van der Waals surface area contributed by atoms with Gasteiger partial charge in [-0.3, -0.25) is 0 Å². The summed E-state index contributed by atoms with van der Waals surface area (Å²) < 4.78 is 1.16. The Kier molecular flexibility index (Phi) is 4.10. The van der Waals surface area contributed by atoms with Gasteiger partial charge in [0.05, 0.1) is 0 Å². The number of rotatable bonds is 5. The lowest BCUT2D eigenvalue weighted by Crippen LogP contribution is -2.44. The largest absolute Gasteiger partial charge is 0.384 e. The Labute approximate surface area is 112 Å². The van der Waals surface area contributed by atoms with E-state index in [0.29, 0.717) is 5.41 Å². The molecule has 2 N–H and O–H groups in total. The first-order chi connectivity index (χ1) is 8.15. The molecule has 0 bridgehead atoms. The molecule has 0 atom stereocenters. The van der Waals surface area contributed by atoms with Crippen molar-refractivity contribution in [3.8, 4) is 0 Å². The van der Waals surface area contributed by atoms with Crippen molar-refractivity contribution < 1.29 is 0 Å². The summed E-state index contributed by atoms with van der Waals surface area (Å²) in [6.45, 7) is 4.29. The molecule has 3 heteroatoms. The van der Waals surface area contributed by atoms with Crippen molar-refractivity contribution in [1.82, 2.24) is 5.32 Å². The number of hydrogen-bond acceptors (Lipinski definition) is 2. The Morgan fingerprint density at radius 2 is 2.06 bits per heavy atom. The highest BCUT2D eigenvalue weighted by atomic mass is 79.9. The van der Waals surface area contributed by atoms with Gasteiger partial charge in [-0.1, -0.05) is 12.5 Å². The fraction of sp³-hybridized carbons (Fsp3) is 0.571. The van der Waals surface area contributed by atoms with Gasteiger partial charge in [0.1, 0.15) is 0 Å². The summed E-state index contributed by atoms with van der Waals surface area (Å²) in [6.07, 6.45) is 4.05.